The van der Waals surface area contributed by atoms with Gasteiger partial charge in [-0.2, -0.15) is 0 Å². The maximum atomic E-state index is 13.7. The van der Waals surface area contributed by atoms with Gasteiger partial charge in [0.25, 0.3) is 0 Å². The lowest BCUT2D eigenvalue weighted by atomic mass is 9.76. The van der Waals surface area contributed by atoms with Gasteiger partial charge in [-0.15, -0.1) is 0 Å². The molecule has 2 aromatic rings. The van der Waals surface area contributed by atoms with E-state index in [1.54, 1.807) is 0 Å². The van der Waals surface area contributed by atoms with Gasteiger partial charge >= 0.3 is 0 Å². The van der Waals surface area contributed by atoms with Crippen LogP contribution in [0, 0.1) is 0 Å². The molecule has 2 aromatic carbocycles. The molecule has 0 aromatic heterocycles. The number of Topliss-reactive ketones (excluding diaryl/α,β-unsaturated/α-hetero) is 1. The number of hydrogen-bond donors (Lipinski definition) is 1. The number of nitrogens with zero attached hydrogens (tertiary/aromatic N) is 2. The highest BCUT2D eigenvalue weighted by Crippen LogP contribution is 2.35. The molecule has 0 bridgehead atoms. The van der Waals surface area contributed by atoms with E-state index in [0.29, 0.717) is 18.4 Å². The Hall–Kier alpha value is -2.21. The summed E-state index contributed by atoms with van der Waals surface area (Å²) in [6.07, 6.45) is 4.43. The molecule has 1 saturated heterocycles. The van der Waals surface area contributed by atoms with Gasteiger partial charge in [0.05, 0.1) is 5.60 Å². The lowest BCUT2D eigenvalue weighted by Gasteiger charge is -2.46. The van der Waals surface area contributed by atoms with E-state index in [2.05, 4.69) is 16.8 Å². The molecule has 172 valence electrons. The average Bonchev–Trinajstić information content (AvgIpc) is 2.82. The van der Waals surface area contributed by atoms with Crippen LogP contribution in [0.15, 0.2) is 54.6 Å². The number of aliphatic hydroxyl groups is 1. The first-order chi connectivity index (χ1) is 15.5. The van der Waals surface area contributed by atoms with E-state index in [9.17, 15) is 9.90 Å². The Morgan fingerprint density at radius 3 is 2.19 bits per heavy atom. The summed E-state index contributed by atoms with van der Waals surface area (Å²) in [6, 6.07) is 17.1. The molecule has 5 heteroatoms. The van der Waals surface area contributed by atoms with Crippen molar-refractivity contribution in [2.75, 3.05) is 33.2 Å². The molecule has 4 rings (SSSR count). The normalized spacial score (nSPS) is 21.6. The van der Waals surface area contributed by atoms with Gasteiger partial charge in [0.2, 0.25) is 0 Å². The molecule has 32 heavy (non-hydrogen) atoms. The highest BCUT2D eigenvalue weighted by atomic mass is 16.5. The molecule has 0 spiro atoms. The van der Waals surface area contributed by atoms with Crippen molar-refractivity contribution in [2.45, 2.75) is 56.8 Å². The van der Waals surface area contributed by atoms with Gasteiger partial charge in [-0.25, -0.2) is 0 Å². The molecule has 1 N–H and O–H groups in total. The Balaban J connectivity index is 1.51. The molecule has 2 fully saturated rings. The third kappa shape index (κ3) is 5.22. The van der Waals surface area contributed by atoms with Crippen LogP contribution in [0.1, 0.15) is 61.1 Å². The zero-order valence-electron chi connectivity index (χ0n) is 19.4. The lowest BCUT2D eigenvalue weighted by molar-refractivity contribution is -0.0673. The first kappa shape index (κ1) is 23.0. The summed E-state index contributed by atoms with van der Waals surface area (Å²) in [7, 11) is 2.11. The zero-order chi connectivity index (χ0) is 22.6. The Bertz CT molecular complexity index is 870. The highest BCUT2D eigenvalue weighted by molar-refractivity contribution is 6.01. The number of likely N-dealkylation sites (N-methyl/N-ethyl adjacent to an activating group) is 1. The van der Waals surface area contributed by atoms with E-state index >= 15 is 0 Å². The first-order valence-electron chi connectivity index (χ1n) is 12.0. The number of benzene rings is 2. The van der Waals surface area contributed by atoms with Crippen molar-refractivity contribution in [1.82, 2.24) is 9.80 Å². The highest BCUT2D eigenvalue weighted by Gasteiger charge is 2.46. The van der Waals surface area contributed by atoms with Crippen LogP contribution in [0.3, 0.4) is 0 Å². The second-order valence-electron chi connectivity index (χ2n) is 9.47. The van der Waals surface area contributed by atoms with Gasteiger partial charge in [-0.1, -0.05) is 49.6 Å². The maximum absolute atomic E-state index is 13.7. The van der Waals surface area contributed by atoms with Crippen molar-refractivity contribution in [3.63, 3.8) is 0 Å². The molecule has 2 atom stereocenters. The number of ketones is 1. The van der Waals surface area contributed by atoms with Gasteiger partial charge in [0, 0.05) is 31.7 Å². The summed E-state index contributed by atoms with van der Waals surface area (Å²) in [5, 5.41) is 11.6. The van der Waals surface area contributed by atoms with Crippen LogP contribution in [0.2, 0.25) is 0 Å². The minimum Gasteiger partial charge on any atom is -0.486 e. The number of carbonyl (C=O) groups excluding carboxylic acids is 1. The Morgan fingerprint density at radius 1 is 0.938 bits per heavy atom. The molecule has 2 aliphatic rings. The number of hydrogen-bond acceptors (Lipinski definition) is 5. The summed E-state index contributed by atoms with van der Waals surface area (Å²) in [6.45, 7) is 5.49. The lowest BCUT2D eigenvalue weighted by Crippen LogP contribution is -2.61. The minimum absolute atomic E-state index is 0.0293. The van der Waals surface area contributed by atoms with E-state index < -0.39 is 11.6 Å². The van der Waals surface area contributed by atoms with Crippen LogP contribution < -0.4 is 4.74 Å². The van der Waals surface area contributed by atoms with Crippen LogP contribution in [-0.2, 0) is 0 Å². The smallest absolute Gasteiger partial charge is 0.182 e. The zero-order valence-corrected chi connectivity index (χ0v) is 19.4. The van der Waals surface area contributed by atoms with E-state index in [-0.39, 0.29) is 11.9 Å². The fourth-order valence-electron chi connectivity index (χ4n) is 5.12. The largest absolute Gasteiger partial charge is 0.486 e. The molecule has 1 heterocycles. The number of piperazine rings is 1. The molecule has 5 nitrogen and oxygen atoms in total. The van der Waals surface area contributed by atoms with Crippen LogP contribution in [0.5, 0.6) is 5.75 Å². The first-order valence-corrected chi connectivity index (χ1v) is 12.0. The second kappa shape index (κ2) is 10.2. The molecular weight excluding hydrogens is 400 g/mol. The van der Waals surface area contributed by atoms with Gasteiger partial charge in [0.1, 0.15) is 17.9 Å². The van der Waals surface area contributed by atoms with Crippen molar-refractivity contribution in [3.05, 3.63) is 65.7 Å². The number of ether oxygens (including phenoxy) is 1. The minimum atomic E-state index is -0.942. The fourth-order valence-corrected chi connectivity index (χ4v) is 5.12. The number of carbonyl (C=O) groups is 1. The Morgan fingerprint density at radius 2 is 1.56 bits per heavy atom. The molecule has 1 saturated carbocycles. The van der Waals surface area contributed by atoms with Crippen molar-refractivity contribution >= 4 is 5.78 Å². The maximum Gasteiger partial charge on any atom is 0.182 e. The van der Waals surface area contributed by atoms with E-state index in [4.69, 9.17) is 4.74 Å². The average molecular weight is 437 g/mol. The predicted molar refractivity (Wildman–Crippen MR) is 127 cm³/mol. The van der Waals surface area contributed by atoms with Gasteiger partial charge in [-0.05, 0) is 56.6 Å². The van der Waals surface area contributed by atoms with Crippen molar-refractivity contribution in [1.29, 1.82) is 0 Å². The molecular formula is C27H36N2O3. The monoisotopic (exact) mass is 436 g/mol. The predicted octanol–water partition coefficient (Wildman–Crippen LogP) is 4.32. The molecule has 0 amide bonds. The quantitative estimate of drug-likeness (QED) is 0.655. The van der Waals surface area contributed by atoms with E-state index in [1.165, 1.54) is 0 Å². The van der Waals surface area contributed by atoms with Crippen molar-refractivity contribution < 1.29 is 14.6 Å². The van der Waals surface area contributed by atoms with Crippen LogP contribution in [0.4, 0.5) is 0 Å². The van der Waals surface area contributed by atoms with Crippen LogP contribution in [-0.4, -0.2) is 65.6 Å². The van der Waals surface area contributed by atoms with Crippen LogP contribution in [0.25, 0.3) is 0 Å². The second-order valence-corrected chi connectivity index (χ2v) is 9.47. The number of rotatable bonds is 7. The summed E-state index contributed by atoms with van der Waals surface area (Å²) in [5.41, 5.74) is 0.817. The summed E-state index contributed by atoms with van der Waals surface area (Å²) in [4.78, 5) is 18.2. The fraction of sp³-hybridized carbons (Fsp3) is 0.519. The third-order valence-corrected chi connectivity index (χ3v) is 7.10. The summed E-state index contributed by atoms with van der Waals surface area (Å²) < 4.78 is 6.08. The van der Waals surface area contributed by atoms with Gasteiger partial charge in [-0.3, -0.25) is 9.69 Å². The Labute approximate surface area is 192 Å². The topological polar surface area (TPSA) is 53.0 Å². The van der Waals surface area contributed by atoms with Crippen molar-refractivity contribution in [2.24, 2.45) is 0 Å². The van der Waals surface area contributed by atoms with Gasteiger partial charge < -0.3 is 14.7 Å². The van der Waals surface area contributed by atoms with E-state index in [0.717, 1.165) is 56.8 Å². The molecule has 1 unspecified atom stereocenters. The molecule has 1 aliphatic heterocycles. The van der Waals surface area contributed by atoms with E-state index in [1.807, 2.05) is 61.5 Å². The van der Waals surface area contributed by atoms with Crippen molar-refractivity contribution in [3.8, 4) is 5.75 Å². The molecule has 0 radical (unpaired) electrons. The molecule has 1 aliphatic carbocycles. The summed E-state index contributed by atoms with van der Waals surface area (Å²) >= 11 is 0. The summed E-state index contributed by atoms with van der Waals surface area (Å²) in [5.74, 6) is 0.770. The van der Waals surface area contributed by atoms with Crippen LogP contribution >= 0.6 is 0 Å². The third-order valence-electron chi connectivity index (χ3n) is 7.10. The standard InChI is InChI=1S/C27H36N2O3/c1-21(22-9-5-3-6-10-22)32-24-13-11-23(12-14-24)25(30)26(27(31)15-7-4-8-16-27)29-19-17-28(2)18-20-29/h3,5-6,9-14,21,26,31H,4,7-8,15-20H2,1-2H3/t21-,26?/m0/s1. The van der Waals surface area contributed by atoms with Gasteiger partial charge in [0.15, 0.2) is 5.78 Å². The SMILES string of the molecule is C[C@H](Oc1ccc(C(=O)C(N2CCN(C)CC2)C2(O)CCCCC2)cc1)c1ccccc1. The Kier molecular flexibility index (Phi) is 7.29.